The molecule has 0 aliphatic carbocycles. The van der Waals surface area contributed by atoms with Crippen LogP contribution in [0.2, 0.25) is 0 Å². The number of halogens is 3. The van der Waals surface area contributed by atoms with Crippen LogP contribution in [0, 0.1) is 0 Å². The molecule has 0 aliphatic rings. The number of alkyl halides is 3. The van der Waals surface area contributed by atoms with E-state index in [0.29, 0.717) is 17.9 Å². The van der Waals surface area contributed by atoms with Crippen LogP contribution in [0.15, 0.2) is 48.5 Å². The molecular formula is C19H14F3NO3. The van der Waals surface area contributed by atoms with Crippen LogP contribution < -0.4 is 4.74 Å². The molecule has 1 N–H and O–H groups in total. The van der Waals surface area contributed by atoms with Crippen LogP contribution in [0.1, 0.15) is 22.8 Å². The van der Waals surface area contributed by atoms with E-state index in [0.717, 1.165) is 6.07 Å². The molecule has 3 rings (SSSR count). The van der Waals surface area contributed by atoms with Gasteiger partial charge in [-0.05, 0) is 43.3 Å². The SMILES string of the molecule is CCOc1ccc(-c2cc(C(=O)O)c3cccc(C(F)(F)F)c3n2)cc1. The van der Waals surface area contributed by atoms with Gasteiger partial charge in [0.1, 0.15) is 5.75 Å². The third-order valence-electron chi connectivity index (χ3n) is 3.84. The van der Waals surface area contributed by atoms with Crippen molar-refractivity contribution in [1.82, 2.24) is 4.98 Å². The Kier molecular flexibility index (Phi) is 4.54. The second kappa shape index (κ2) is 6.67. The molecule has 0 radical (unpaired) electrons. The maximum atomic E-state index is 13.3. The van der Waals surface area contributed by atoms with Crippen molar-refractivity contribution >= 4 is 16.9 Å². The summed E-state index contributed by atoms with van der Waals surface area (Å²) >= 11 is 0. The molecule has 1 aromatic heterocycles. The zero-order valence-electron chi connectivity index (χ0n) is 13.7. The molecule has 0 aliphatic heterocycles. The predicted molar refractivity (Wildman–Crippen MR) is 90.3 cm³/mol. The van der Waals surface area contributed by atoms with E-state index < -0.39 is 17.7 Å². The third-order valence-corrected chi connectivity index (χ3v) is 3.84. The van der Waals surface area contributed by atoms with Crippen molar-refractivity contribution in [3.63, 3.8) is 0 Å². The maximum absolute atomic E-state index is 13.3. The molecule has 7 heteroatoms. The van der Waals surface area contributed by atoms with Crippen molar-refractivity contribution in [2.75, 3.05) is 6.61 Å². The van der Waals surface area contributed by atoms with Crippen molar-refractivity contribution in [3.8, 4) is 17.0 Å². The van der Waals surface area contributed by atoms with E-state index in [2.05, 4.69) is 4.98 Å². The Morgan fingerprint density at radius 1 is 1.15 bits per heavy atom. The number of fused-ring (bicyclic) bond motifs is 1. The minimum Gasteiger partial charge on any atom is -0.494 e. The van der Waals surface area contributed by atoms with Crippen molar-refractivity contribution in [1.29, 1.82) is 0 Å². The number of aromatic carboxylic acids is 1. The van der Waals surface area contributed by atoms with Gasteiger partial charge in [0.15, 0.2) is 0 Å². The first-order valence-electron chi connectivity index (χ1n) is 7.78. The van der Waals surface area contributed by atoms with Crippen LogP contribution in [0.25, 0.3) is 22.2 Å². The average Bonchev–Trinajstić information content (AvgIpc) is 2.60. The van der Waals surface area contributed by atoms with Crippen molar-refractivity contribution in [2.24, 2.45) is 0 Å². The molecule has 0 unspecified atom stereocenters. The summed E-state index contributed by atoms with van der Waals surface area (Å²) in [5, 5.41) is 9.38. The first-order valence-corrected chi connectivity index (χ1v) is 7.78. The van der Waals surface area contributed by atoms with E-state index >= 15 is 0 Å². The molecule has 26 heavy (non-hydrogen) atoms. The van der Waals surface area contributed by atoms with Crippen molar-refractivity contribution in [3.05, 3.63) is 59.7 Å². The highest BCUT2D eigenvalue weighted by Crippen LogP contribution is 2.36. The summed E-state index contributed by atoms with van der Waals surface area (Å²) in [7, 11) is 0. The van der Waals surface area contributed by atoms with Crippen LogP contribution in [-0.4, -0.2) is 22.7 Å². The van der Waals surface area contributed by atoms with Gasteiger partial charge >= 0.3 is 12.1 Å². The molecule has 0 spiro atoms. The molecule has 0 bridgehead atoms. The lowest BCUT2D eigenvalue weighted by Gasteiger charge is -2.13. The zero-order valence-corrected chi connectivity index (χ0v) is 13.7. The lowest BCUT2D eigenvalue weighted by atomic mass is 10.0. The maximum Gasteiger partial charge on any atom is 0.418 e. The zero-order chi connectivity index (χ0) is 18.9. The minimum atomic E-state index is -4.64. The summed E-state index contributed by atoms with van der Waals surface area (Å²) in [6, 6.07) is 11.2. The molecule has 4 nitrogen and oxygen atoms in total. The molecular weight excluding hydrogens is 347 g/mol. The van der Waals surface area contributed by atoms with Gasteiger partial charge in [0.2, 0.25) is 0 Å². The fourth-order valence-electron chi connectivity index (χ4n) is 2.69. The Hall–Kier alpha value is -3.09. The predicted octanol–water partition coefficient (Wildman–Crippen LogP) is 5.02. The summed E-state index contributed by atoms with van der Waals surface area (Å²) in [4.78, 5) is 15.7. The summed E-state index contributed by atoms with van der Waals surface area (Å²) in [6.07, 6.45) is -4.64. The fraction of sp³-hybridized carbons (Fsp3) is 0.158. The van der Waals surface area contributed by atoms with Crippen LogP contribution in [-0.2, 0) is 6.18 Å². The number of carboxylic acids is 1. The Labute approximate surface area is 146 Å². The highest BCUT2D eigenvalue weighted by molar-refractivity contribution is 6.04. The molecule has 0 saturated carbocycles. The molecule has 3 aromatic rings. The number of rotatable bonds is 4. The highest BCUT2D eigenvalue weighted by atomic mass is 19.4. The Morgan fingerprint density at radius 2 is 1.85 bits per heavy atom. The number of nitrogens with zero attached hydrogens (tertiary/aromatic N) is 1. The van der Waals surface area contributed by atoms with E-state index in [9.17, 15) is 23.1 Å². The van der Waals surface area contributed by atoms with Gasteiger partial charge in [0.25, 0.3) is 0 Å². The second-order valence-electron chi connectivity index (χ2n) is 5.52. The number of carbonyl (C=O) groups is 1. The normalized spacial score (nSPS) is 11.5. The lowest BCUT2D eigenvalue weighted by molar-refractivity contribution is -0.136. The molecule has 0 fully saturated rings. The largest absolute Gasteiger partial charge is 0.494 e. The summed E-state index contributed by atoms with van der Waals surface area (Å²) in [6.45, 7) is 2.31. The van der Waals surface area contributed by atoms with Crippen molar-refractivity contribution in [2.45, 2.75) is 13.1 Å². The lowest BCUT2D eigenvalue weighted by Crippen LogP contribution is -2.09. The number of aromatic nitrogens is 1. The number of ether oxygens (including phenoxy) is 1. The molecule has 2 aromatic carbocycles. The van der Waals surface area contributed by atoms with Gasteiger partial charge in [-0.15, -0.1) is 0 Å². The second-order valence-corrected chi connectivity index (χ2v) is 5.52. The smallest absolute Gasteiger partial charge is 0.418 e. The average molecular weight is 361 g/mol. The van der Waals surface area contributed by atoms with Gasteiger partial charge < -0.3 is 9.84 Å². The van der Waals surface area contributed by atoms with Crippen LogP contribution in [0.3, 0.4) is 0 Å². The van der Waals surface area contributed by atoms with Crippen LogP contribution in [0.4, 0.5) is 13.2 Å². The number of benzene rings is 2. The Morgan fingerprint density at radius 3 is 2.42 bits per heavy atom. The van der Waals surface area contributed by atoms with E-state index in [4.69, 9.17) is 4.74 Å². The molecule has 0 atom stereocenters. The van der Waals surface area contributed by atoms with Gasteiger partial charge in [-0.2, -0.15) is 13.2 Å². The monoisotopic (exact) mass is 361 g/mol. The van der Waals surface area contributed by atoms with Crippen LogP contribution in [0.5, 0.6) is 5.75 Å². The van der Waals surface area contributed by atoms with Crippen molar-refractivity contribution < 1.29 is 27.8 Å². The number of hydrogen-bond donors (Lipinski definition) is 1. The number of carboxylic acid groups (broad SMARTS) is 1. The molecule has 134 valence electrons. The van der Waals surface area contributed by atoms with Gasteiger partial charge in [-0.3, -0.25) is 0 Å². The number of hydrogen-bond acceptors (Lipinski definition) is 3. The Bertz CT molecular complexity index is 966. The Balaban J connectivity index is 2.25. The first kappa shape index (κ1) is 17.7. The molecule has 1 heterocycles. The molecule has 0 amide bonds. The molecule has 0 saturated heterocycles. The third kappa shape index (κ3) is 3.33. The van der Waals surface area contributed by atoms with E-state index in [-0.39, 0.29) is 22.2 Å². The quantitative estimate of drug-likeness (QED) is 0.709. The first-order chi connectivity index (χ1) is 12.3. The van der Waals surface area contributed by atoms with Gasteiger partial charge in [0.05, 0.1) is 28.9 Å². The standard InChI is InChI=1S/C19H14F3NO3/c1-2-26-12-8-6-11(7-9-12)16-10-14(18(24)25)13-4-3-5-15(17(13)23-16)19(20,21)22/h3-10H,2H2,1H3,(H,24,25). The summed E-state index contributed by atoms with van der Waals surface area (Å²) < 4.78 is 45.3. The van der Waals surface area contributed by atoms with Gasteiger partial charge in [-0.1, -0.05) is 12.1 Å². The van der Waals surface area contributed by atoms with E-state index in [1.54, 1.807) is 24.3 Å². The van der Waals surface area contributed by atoms with E-state index in [1.165, 1.54) is 18.2 Å². The fourth-order valence-corrected chi connectivity index (χ4v) is 2.69. The highest BCUT2D eigenvalue weighted by Gasteiger charge is 2.34. The topological polar surface area (TPSA) is 59.4 Å². The van der Waals surface area contributed by atoms with Crippen LogP contribution >= 0.6 is 0 Å². The minimum absolute atomic E-state index is 0.0537. The summed E-state index contributed by atoms with van der Waals surface area (Å²) in [5.74, 6) is -0.713. The number of pyridine rings is 1. The van der Waals surface area contributed by atoms with Gasteiger partial charge in [-0.25, -0.2) is 9.78 Å². The number of para-hydroxylation sites is 1. The van der Waals surface area contributed by atoms with E-state index in [1.807, 2.05) is 6.92 Å². The summed E-state index contributed by atoms with van der Waals surface area (Å²) in [5.41, 5.74) is -0.941. The van der Waals surface area contributed by atoms with Gasteiger partial charge in [0, 0.05) is 10.9 Å².